The third kappa shape index (κ3) is 3.05. The van der Waals surface area contributed by atoms with Gasteiger partial charge < -0.3 is 9.47 Å². The molecule has 3 rings (SSSR count). The first-order valence-corrected chi connectivity index (χ1v) is 8.93. The summed E-state index contributed by atoms with van der Waals surface area (Å²) in [5.74, 6) is 0.549. The lowest BCUT2D eigenvalue weighted by Crippen LogP contribution is -2.51. The van der Waals surface area contributed by atoms with Gasteiger partial charge in [0, 0.05) is 19.6 Å². The van der Waals surface area contributed by atoms with Gasteiger partial charge in [0.15, 0.2) is 5.78 Å². The van der Waals surface area contributed by atoms with E-state index in [1.54, 1.807) is 7.11 Å². The van der Waals surface area contributed by atoms with Crippen LogP contribution in [0.1, 0.15) is 77.0 Å². The molecule has 1 spiro atoms. The van der Waals surface area contributed by atoms with Gasteiger partial charge in [0.2, 0.25) is 0 Å². The van der Waals surface area contributed by atoms with Crippen LogP contribution in [-0.4, -0.2) is 30.7 Å². The molecule has 2 aliphatic carbocycles. The van der Waals surface area contributed by atoms with Crippen LogP contribution in [0.5, 0.6) is 0 Å². The summed E-state index contributed by atoms with van der Waals surface area (Å²) >= 11 is 0. The minimum atomic E-state index is -0.476. The smallest absolute Gasteiger partial charge is 0.167 e. The predicted molar refractivity (Wildman–Crippen MR) is 82.3 cm³/mol. The summed E-state index contributed by atoms with van der Waals surface area (Å²) < 4.78 is 11.9. The Labute approximate surface area is 128 Å². The standard InChI is InChI=1S/C18H30O3/c1-20-18(11-6-3-7-12-18)16(19)15-8-13-21-17(14-15)9-4-2-5-10-17/h15H,2-14H2,1H3. The van der Waals surface area contributed by atoms with Crippen LogP contribution in [0.25, 0.3) is 0 Å². The molecule has 1 heterocycles. The second kappa shape index (κ2) is 6.37. The van der Waals surface area contributed by atoms with Crippen molar-refractivity contribution in [1.82, 2.24) is 0 Å². The number of methoxy groups -OCH3 is 1. The van der Waals surface area contributed by atoms with Gasteiger partial charge in [-0.3, -0.25) is 4.79 Å². The van der Waals surface area contributed by atoms with Gasteiger partial charge in [-0.05, 0) is 38.5 Å². The molecule has 0 aromatic heterocycles. The first kappa shape index (κ1) is 15.5. The van der Waals surface area contributed by atoms with E-state index in [9.17, 15) is 4.79 Å². The lowest BCUT2D eigenvalue weighted by atomic mass is 9.70. The first-order chi connectivity index (χ1) is 10.2. The van der Waals surface area contributed by atoms with Crippen molar-refractivity contribution in [3.63, 3.8) is 0 Å². The van der Waals surface area contributed by atoms with Gasteiger partial charge in [-0.25, -0.2) is 0 Å². The van der Waals surface area contributed by atoms with Crippen LogP contribution in [0.3, 0.4) is 0 Å². The Hall–Kier alpha value is -0.410. The van der Waals surface area contributed by atoms with E-state index >= 15 is 0 Å². The number of carbonyl (C=O) groups excluding carboxylic acids is 1. The van der Waals surface area contributed by atoms with Crippen molar-refractivity contribution in [2.75, 3.05) is 13.7 Å². The molecule has 0 aromatic carbocycles. The van der Waals surface area contributed by atoms with Gasteiger partial charge in [-0.15, -0.1) is 0 Å². The molecule has 3 aliphatic rings. The molecule has 1 saturated heterocycles. The average molecular weight is 294 g/mol. The zero-order valence-electron chi connectivity index (χ0n) is 13.5. The van der Waals surface area contributed by atoms with Crippen molar-refractivity contribution in [3.05, 3.63) is 0 Å². The first-order valence-electron chi connectivity index (χ1n) is 8.93. The minimum absolute atomic E-state index is 0.0143. The summed E-state index contributed by atoms with van der Waals surface area (Å²) in [6, 6.07) is 0. The van der Waals surface area contributed by atoms with Gasteiger partial charge in [-0.2, -0.15) is 0 Å². The van der Waals surface area contributed by atoms with Crippen molar-refractivity contribution < 1.29 is 14.3 Å². The Kier molecular flexibility index (Phi) is 4.70. The summed E-state index contributed by atoms with van der Waals surface area (Å²) in [7, 11) is 1.74. The largest absolute Gasteiger partial charge is 0.375 e. The Morgan fingerprint density at radius 3 is 2.24 bits per heavy atom. The molecule has 120 valence electrons. The summed E-state index contributed by atoms with van der Waals surface area (Å²) in [6.45, 7) is 0.760. The predicted octanol–water partition coefficient (Wildman–Crippen LogP) is 4.03. The van der Waals surface area contributed by atoms with Gasteiger partial charge in [0.1, 0.15) is 5.60 Å². The fourth-order valence-corrected chi connectivity index (χ4v) is 4.84. The Bertz CT molecular complexity index is 359. The molecule has 0 N–H and O–H groups in total. The Balaban J connectivity index is 1.71. The zero-order valence-corrected chi connectivity index (χ0v) is 13.5. The van der Waals surface area contributed by atoms with Gasteiger partial charge >= 0.3 is 0 Å². The monoisotopic (exact) mass is 294 g/mol. The molecule has 1 aliphatic heterocycles. The molecule has 3 nitrogen and oxygen atoms in total. The van der Waals surface area contributed by atoms with E-state index in [1.807, 2.05) is 0 Å². The maximum Gasteiger partial charge on any atom is 0.167 e. The SMILES string of the molecule is COC1(C(=O)C2CCOC3(CCCCC3)C2)CCCCC1. The van der Waals surface area contributed by atoms with Crippen molar-refractivity contribution in [2.24, 2.45) is 5.92 Å². The number of ketones is 1. The van der Waals surface area contributed by atoms with Crippen molar-refractivity contribution >= 4 is 5.78 Å². The molecular formula is C18H30O3. The average Bonchev–Trinajstić information content (AvgIpc) is 2.55. The Morgan fingerprint density at radius 1 is 1.00 bits per heavy atom. The number of hydrogen-bond acceptors (Lipinski definition) is 3. The van der Waals surface area contributed by atoms with E-state index in [4.69, 9.17) is 9.47 Å². The number of ether oxygens (including phenoxy) is 2. The maximum absolute atomic E-state index is 13.2. The van der Waals surface area contributed by atoms with Crippen LogP contribution in [0.4, 0.5) is 0 Å². The number of Topliss-reactive ketones (excluding diaryl/α,β-unsaturated/α-hetero) is 1. The van der Waals surface area contributed by atoms with Gasteiger partial charge in [0.25, 0.3) is 0 Å². The van der Waals surface area contributed by atoms with E-state index in [0.29, 0.717) is 5.78 Å². The fraction of sp³-hybridized carbons (Fsp3) is 0.944. The normalized spacial score (nSPS) is 32.0. The molecule has 2 saturated carbocycles. The third-order valence-electron chi connectivity index (χ3n) is 6.13. The maximum atomic E-state index is 13.2. The second-order valence-electron chi connectivity index (χ2n) is 7.41. The van der Waals surface area contributed by atoms with E-state index in [2.05, 4.69) is 0 Å². The summed E-state index contributed by atoms with van der Waals surface area (Å²) in [4.78, 5) is 13.2. The van der Waals surface area contributed by atoms with E-state index in [-0.39, 0.29) is 11.5 Å². The summed E-state index contributed by atoms with van der Waals surface area (Å²) in [6.07, 6.45) is 13.3. The topological polar surface area (TPSA) is 35.5 Å². The number of rotatable bonds is 3. The van der Waals surface area contributed by atoms with Crippen LogP contribution >= 0.6 is 0 Å². The molecular weight excluding hydrogens is 264 g/mol. The lowest BCUT2D eigenvalue weighted by Gasteiger charge is -2.45. The molecule has 0 radical (unpaired) electrons. The van der Waals surface area contributed by atoms with Crippen molar-refractivity contribution in [3.8, 4) is 0 Å². The van der Waals surface area contributed by atoms with E-state index in [0.717, 1.165) is 58.0 Å². The van der Waals surface area contributed by atoms with E-state index < -0.39 is 5.60 Å². The second-order valence-corrected chi connectivity index (χ2v) is 7.41. The van der Waals surface area contributed by atoms with Crippen LogP contribution in [0, 0.1) is 5.92 Å². The molecule has 3 fully saturated rings. The van der Waals surface area contributed by atoms with Crippen LogP contribution in [0.15, 0.2) is 0 Å². The minimum Gasteiger partial charge on any atom is -0.375 e. The van der Waals surface area contributed by atoms with Crippen molar-refractivity contribution in [2.45, 2.75) is 88.3 Å². The highest BCUT2D eigenvalue weighted by atomic mass is 16.5. The highest BCUT2D eigenvalue weighted by Gasteiger charge is 2.47. The van der Waals surface area contributed by atoms with Crippen LogP contribution < -0.4 is 0 Å². The molecule has 3 heteroatoms. The third-order valence-corrected chi connectivity index (χ3v) is 6.13. The van der Waals surface area contributed by atoms with Gasteiger partial charge in [-0.1, -0.05) is 38.5 Å². The molecule has 1 atom stereocenters. The molecule has 21 heavy (non-hydrogen) atoms. The van der Waals surface area contributed by atoms with Crippen LogP contribution in [-0.2, 0) is 14.3 Å². The van der Waals surface area contributed by atoms with E-state index in [1.165, 1.54) is 25.7 Å². The summed E-state index contributed by atoms with van der Waals surface area (Å²) in [5, 5.41) is 0. The molecule has 1 unspecified atom stereocenters. The highest BCUT2D eigenvalue weighted by Crippen LogP contribution is 2.44. The molecule has 0 bridgehead atoms. The fourth-order valence-electron chi connectivity index (χ4n) is 4.84. The van der Waals surface area contributed by atoms with Crippen molar-refractivity contribution in [1.29, 1.82) is 0 Å². The summed E-state index contributed by atoms with van der Waals surface area (Å²) in [5.41, 5.74) is -0.462. The zero-order chi connectivity index (χ0) is 14.8. The number of hydrogen-bond donors (Lipinski definition) is 0. The quantitative estimate of drug-likeness (QED) is 0.788. The van der Waals surface area contributed by atoms with Gasteiger partial charge in [0.05, 0.1) is 5.60 Å². The number of carbonyl (C=O) groups is 1. The molecule has 0 amide bonds. The molecule has 0 aromatic rings. The lowest BCUT2D eigenvalue weighted by molar-refractivity contribution is -0.163. The highest BCUT2D eigenvalue weighted by molar-refractivity contribution is 5.89. The van der Waals surface area contributed by atoms with Crippen LogP contribution in [0.2, 0.25) is 0 Å². The Morgan fingerprint density at radius 2 is 1.62 bits per heavy atom.